The van der Waals surface area contributed by atoms with Gasteiger partial charge in [-0.15, -0.1) is 0 Å². The van der Waals surface area contributed by atoms with Gasteiger partial charge < -0.3 is 10.8 Å². The maximum atomic E-state index is 9.84. The van der Waals surface area contributed by atoms with E-state index in [2.05, 4.69) is 9.88 Å². The van der Waals surface area contributed by atoms with Crippen molar-refractivity contribution in [2.24, 2.45) is 0 Å². The first-order chi connectivity index (χ1) is 7.55. The molecule has 0 bridgehead atoms. The molecule has 0 saturated carbocycles. The number of anilines is 1. The maximum absolute atomic E-state index is 9.84. The number of nitrogens with zero attached hydrogens (tertiary/aromatic N) is 2. The van der Waals surface area contributed by atoms with Gasteiger partial charge in [0.25, 0.3) is 0 Å². The van der Waals surface area contributed by atoms with E-state index in [4.69, 9.17) is 5.73 Å². The normalized spacial score (nSPS) is 20.9. The van der Waals surface area contributed by atoms with E-state index in [1.54, 1.807) is 6.07 Å². The molecule has 0 spiro atoms. The first-order valence-electron chi connectivity index (χ1n) is 5.71. The van der Waals surface area contributed by atoms with Crippen LogP contribution in [-0.4, -0.2) is 33.7 Å². The smallest absolute Gasteiger partial charge is 0.123 e. The summed E-state index contributed by atoms with van der Waals surface area (Å²) in [5, 5.41) is 9.84. The Morgan fingerprint density at radius 2 is 2.12 bits per heavy atom. The summed E-state index contributed by atoms with van der Waals surface area (Å²) in [6.07, 6.45) is 1.66. The quantitative estimate of drug-likeness (QED) is 0.782. The van der Waals surface area contributed by atoms with Gasteiger partial charge in [0.05, 0.1) is 11.3 Å². The standard InChI is InChI=1S/C12H19N3O/c1-12(16)5-7-15(8-6-12)9-10-3-2-4-11(13)14-10/h2-4,16H,5-9H2,1H3,(H2,13,14). The molecule has 1 fully saturated rings. The van der Waals surface area contributed by atoms with Crippen LogP contribution in [0.5, 0.6) is 0 Å². The van der Waals surface area contributed by atoms with Crippen molar-refractivity contribution in [3.8, 4) is 0 Å². The molecule has 0 unspecified atom stereocenters. The van der Waals surface area contributed by atoms with Crippen LogP contribution >= 0.6 is 0 Å². The monoisotopic (exact) mass is 221 g/mol. The molecule has 1 aromatic heterocycles. The van der Waals surface area contributed by atoms with Crippen molar-refractivity contribution < 1.29 is 5.11 Å². The highest BCUT2D eigenvalue weighted by Gasteiger charge is 2.27. The fourth-order valence-electron chi connectivity index (χ4n) is 2.01. The van der Waals surface area contributed by atoms with Crippen molar-refractivity contribution in [1.82, 2.24) is 9.88 Å². The number of pyridine rings is 1. The number of piperidine rings is 1. The van der Waals surface area contributed by atoms with Gasteiger partial charge in [-0.25, -0.2) is 4.98 Å². The van der Waals surface area contributed by atoms with E-state index in [0.717, 1.165) is 38.2 Å². The van der Waals surface area contributed by atoms with Crippen LogP contribution in [0.3, 0.4) is 0 Å². The maximum Gasteiger partial charge on any atom is 0.123 e. The Labute approximate surface area is 96.1 Å². The largest absolute Gasteiger partial charge is 0.390 e. The van der Waals surface area contributed by atoms with Crippen LogP contribution in [0.2, 0.25) is 0 Å². The molecule has 88 valence electrons. The zero-order chi connectivity index (χ0) is 11.6. The van der Waals surface area contributed by atoms with Crippen molar-refractivity contribution in [3.05, 3.63) is 23.9 Å². The lowest BCUT2D eigenvalue weighted by molar-refractivity contribution is -0.00756. The number of aromatic nitrogens is 1. The molecule has 0 amide bonds. The Hall–Kier alpha value is -1.13. The summed E-state index contributed by atoms with van der Waals surface area (Å²) in [6, 6.07) is 5.71. The van der Waals surface area contributed by atoms with Gasteiger partial charge in [-0.3, -0.25) is 4.90 Å². The fraction of sp³-hybridized carbons (Fsp3) is 0.583. The highest BCUT2D eigenvalue weighted by Crippen LogP contribution is 2.22. The Morgan fingerprint density at radius 1 is 1.44 bits per heavy atom. The van der Waals surface area contributed by atoms with E-state index in [9.17, 15) is 5.11 Å². The molecular formula is C12H19N3O. The number of aliphatic hydroxyl groups is 1. The number of nitrogens with two attached hydrogens (primary N) is 1. The molecule has 0 aliphatic carbocycles. The van der Waals surface area contributed by atoms with E-state index in [0.29, 0.717) is 5.82 Å². The summed E-state index contributed by atoms with van der Waals surface area (Å²) in [6.45, 7) is 4.57. The van der Waals surface area contributed by atoms with Crippen LogP contribution in [0.4, 0.5) is 5.82 Å². The molecule has 4 nitrogen and oxygen atoms in total. The minimum atomic E-state index is -0.486. The van der Waals surface area contributed by atoms with Gasteiger partial charge in [0.1, 0.15) is 5.82 Å². The van der Waals surface area contributed by atoms with Gasteiger partial charge >= 0.3 is 0 Å². The predicted octanol–water partition coefficient (Wildman–Crippen LogP) is 1.01. The third-order valence-electron chi connectivity index (χ3n) is 3.15. The first-order valence-corrected chi connectivity index (χ1v) is 5.71. The lowest BCUT2D eigenvalue weighted by Crippen LogP contribution is -2.42. The Morgan fingerprint density at radius 3 is 2.75 bits per heavy atom. The van der Waals surface area contributed by atoms with Gasteiger partial charge in [-0.2, -0.15) is 0 Å². The highest BCUT2D eigenvalue weighted by molar-refractivity contribution is 5.28. The Balaban J connectivity index is 1.92. The Bertz CT molecular complexity index is 355. The lowest BCUT2D eigenvalue weighted by Gasteiger charge is -2.35. The molecule has 2 heterocycles. The summed E-state index contributed by atoms with van der Waals surface area (Å²) in [5.74, 6) is 0.571. The van der Waals surface area contributed by atoms with Gasteiger partial charge in [0.15, 0.2) is 0 Å². The number of nitrogen functional groups attached to an aromatic ring is 1. The van der Waals surface area contributed by atoms with Crippen LogP contribution < -0.4 is 5.73 Å². The second kappa shape index (κ2) is 4.39. The minimum Gasteiger partial charge on any atom is -0.390 e. The zero-order valence-corrected chi connectivity index (χ0v) is 9.69. The Kier molecular flexibility index (Phi) is 3.12. The summed E-state index contributed by atoms with van der Waals surface area (Å²) in [4.78, 5) is 6.58. The predicted molar refractivity (Wildman–Crippen MR) is 63.8 cm³/mol. The SMILES string of the molecule is CC1(O)CCN(Cc2cccc(N)n2)CC1. The summed E-state index contributed by atoms with van der Waals surface area (Å²) in [7, 11) is 0. The first kappa shape index (κ1) is 11.4. The minimum absolute atomic E-state index is 0.486. The number of likely N-dealkylation sites (tertiary alicyclic amines) is 1. The fourth-order valence-corrected chi connectivity index (χ4v) is 2.01. The average Bonchev–Trinajstić information content (AvgIpc) is 2.21. The van der Waals surface area contributed by atoms with Crippen LogP contribution in [0.15, 0.2) is 18.2 Å². The van der Waals surface area contributed by atoms with Crippen LogP contribution in [0, 0.1) is 0 Å². The molecule has 4 heteroatoms. The van der Waals surface area contributed by atoms with E-state index in [-0.39, 0.29) is 0 Å². The van der Waals surface area contributed by atoms with E-state index in [1.807, 2.05) is 19.1 Å². The lowest BCUT2D eigenvalue weighted by atomic mass is 9.94. The second-order valence-electron chi connectivity index (χ2n) is 4.83. The molecule has 3 N–H and O–H groups in total. The topological polar surface area (TPSA) is 62.4 Å². The van der Waals surface area contributed by atoms with Crippen molar-refractivity contribution in [2.75, 3.05) is 18.8 Å². The average molecular weight is 221 g/mol. The van der Waals surface area contributed by atoms with Gasteiger partial charge in [-0.1, -0.05) is 6.07 Å². The van der Waals surface area contributed by atoms with Crippen molar-refractivity contribution in [3.63, 3.8) is 0 Å². The third-order valence-corrected chi connectivity index (χ3v) is 3.15. The highest BCUT2D eigenvalue weighted by atomic mass is 16.3. The summed E-state index contributed by atoms with van der Waals surface area (Å²) >= 11 is 0. The van der Waals surface area contributed by atoms with Gasteiger partial charge in [0, 0.05) is 19.6 Å². The molecular weight excluding hydrogens is 202 g/mol. The van der Waals surface area contributed by atoms with E-state index < -0.39 is 5.60 Å². The van der Waals surface area contributed by atoms with Crippen molar-refractivity contribution in [1.29, 1.82) is 0 Å². The van der Waals surface area contributed by atoms with Gasteiger partial charge in [-0.05, 0) is 31.9 Å². The van der Waals surface area contributed by atoms with Crippen molar-refractivity contribution in [2.45, 2.75) is 31.9 Å². The summed E-state index contributed by atoms with van der Waals surface area (Å²) in [5.41, 5.74) is 6.15. The molecule has 0 radical (unpaired) electrons. The number of hydrogen-bond acceptors (Lipinski definition) is 4. The molecule has 1 aliphatic heterocycles. The van der Waals surface area contributed by atoms with E-state index in [1.165, 1.54) is 0 Å². The van der Waals surface area contributed by atoms with E-state index >= 15 is 0 Å². The van der Waals surface area contributed by atoms with Crippen LogP contribution in [-0.2, 0) is 6.54 Å². The molecule has 0 atom stereocenters. The number of hydrogen-bond donors (Lipinski definition) is 2. The molecule has 0 aromatic carbocycles. The third kappa shape index (κ3) is 2.93. The zero-order valence-electron chi connectivity index (χ0n) is 9.69. The summed E-state index contributed by atoms with van der Waals surface area (Å²) < 4.78 is 0. The molecule has 1 aliphatic rings. The van der Waals surface area contributed by atoms with Crippen LogP contribution in [0.25, 0.3) is 0 Å². The number of rotatable bonds is 2. The van der Waals surface area contributed by atoms with Crippen molar-refractivity contribution >= 4 is 5.82 Å². The molecule has 2 rings (SSSR count). The molecule has 16 heavy (non-hydrogen) atoms. The molecule has 1 saturated heterocycles. The second-order valence-corrected chi connectivity index (χ2v) is 4.83. The van der Waals surface area contributed by atoms with Gasteiger partial charge in [0.2, 0.25) is 0 Å². The molecule has 1 aromatic rings. The van der Waals surface area contributed by atoms with Crippen LogP contribution in [0.1, 0.15) is 25.5 Å².